The first-order valence-electron chi connectivity index (χ1n) is 5.97. The Morgan fingerprint density at radius 1 is 1.00 bits per heavy atom. The number of nitro groups is 2. The van der Waals surface area contributed by atoms with E-state index in [2.05, 4.69) is 5.43 Å². The van der Waals surface area contributed by atoms with Gasteiger partial charge in [0.05, 0.1) is 20.8 Å². The fourth-order valence-corrected chi connectivity index (χ4v) is 2.25. The maximum absolute atomic E-state index is 11.9. The highest BCUT2D eigenvalue weighted by Gasteiger charge is 2.24. The first-order valence-corrected chi connectivity index (χ1v) is 6.85. The lowest BCUT2D eigenvalue weighted by Crippen LogP contribution is -2.41. The number of amides is 2. The minimum Gasteiger partial charge on any atom is -0.267 e. The number of carbonyl (C=O) groups is 2. The van der Waals surface area contributed by atoms with E-state index in [4.69, 9.17) is 0 Å². The number of thiophene rings is 1. The molecule has 118 valence electrons. The maximum atomic E-state index is 11.9. The van der Waals surface area contributed by atoms with E-state index < -0.39 is 38.6 Å². The van der Waals surface area contributed by atoms with Crippen LogP contribution in [0.15, 0.2) is 35.7 Å². The van der Waals surface area contributed by atoms with Gasteiger partial charge in [-0.05, 0) is 17.5 Å². The lowest BCUT2D eigenvalue weighted by atomic mass is 10.1. The number of nitro benzene ring substituents is 2. The number of non-ortho nitro benzene ring substituents is 1. The van der Waals surface area contributed by atoms with Crippen molar-refractivity contribution < 1.29 is 19.4 Å². The Labute approximate surface area is 132 Å². The van der Waals surface area contributed by atoms with Crippen molar-refractivity contribution in [2.24, 2.45) is 0 Å². The molecule has 11 heteroatoms. The van der Waals surface area contributed by atoms with Crippen LogP contribution in [0.1, 0.15) is 20.0 Å². The molecule has 0 aliphatic carbocycles. The Morgan fingerprint density at radius 3 is 2.26 bits per heavy atom. The Kier molecular flexibility index (Phi) is 4.61. The average Bonchev–Trinajstić information content (AvgIpc) is 3.06. The standard InChI is InChI=1S/C12H8N4O6S/c17-11(13-14-12(18)10-2-1-5-23-10)8-4-3-7(15(19)20)6-9(8)16(21)22/h1-6H,(H,13,17)(H,14,18). The van der Waals surface area contributed by atoms with E-state index in [1.807, 2.05) is 5.43 Å². The van der Waals surface area contributed by atoms with Crippen LogP contribution in [0.2, 0.25) is 0 Å². The molecule has 1 aromatic heterocycles. The molecule has 0 spiro atoms. The summed E-state index contributed by atoms with van der Waals surface area (Å²) in [6.45, 7) is 0. The van der Waals surface area contributed by atoms with Crippen LogP contribution in [0.4, 0.5) is 11.4 Å². The van der Waals surface area contributed by atoms with Gasteiger partial charge in [-0.2, -0.15) is 0 Å². The van der Waals surface area contributed by atoms with Gasteiger partial charge in [-0.1, -0.05) is 6.07 Å². The third-order valence-corrected chi connectivity index (χ3v) is 3.54. The minimum atomic E-state index is -0.962. The molecule has 0 aliphatic rings. The van der Waals surface area contributed by atoms with E-state index in [0.29, 0.717) is 10.9 Å². The first-order chi connectivity index (χ1) is 10.9. The monoisotopic (exact) mass is 336 g/mol. The molecule has 2 aromatic rings. The molecule has 1 aromatic carbocycles. The smallest absolute Gasteiger partial charge is 0.267 e. The van der Waals surface area contributed by atoms with E-state index >= 15 is 0 Å². The predicted molar refractivity (Wildman–Crippen MR) is 79.0 cm³/mol. The topological polar surface area (TPSA) is 144 Å². The summed E-state index contributed by atoms with van der Waals surface area (Å²) in [6, 6.07) is 5.75. The van der Waals surface area contributed by atoms with Crippen molar-refractivity contribution in [1.29, 1.82) is 0 Å². The van der Waals surface area contributed by atoms with Crippen molar-refractivity contribution >= 4 is 34.5 Å². The van der Waals surface area contributed by atoms with Crippen molar-refractivity contribution in [2.45, 2.75) is 0 Å². The number of hydrazine groups is 1. The summed E-state index contributed by atoms with van der Waals surface area (Å²) in [5.74, 6) is -1.55. The van der Waals surface area contributed by atoms with Gasteiger partial charge in [-0.15, -0.1) is 11.3 Å². The average molecular weight is 336 g/mol. The summed E-state index contributed by atoms with van der Waals surface area (Å²) < 4.78 is 0. The van der Waals surface area contributed by atoms with Gasteiger partial charge in [0, 0.05) is 6.07 Å². The Hall–Kier alpha value is -3.34. The van der Waals surface area contributed by atoms with Gasteiger partial charge in [0.2, 0.25) is 0 Å². The van der Waals surface area contributed by atoms with Crippen LogP contribution in [-0.2, 0) is 0 Å². The zero-order chi connectivity index (χ0) is 17.0. The molecule has 0 saturated carbocycles. The largest absolute Gasteiger partial charge is 0.289 e. The highest BCUT2D eigenvalue weighted by Crippen LogP contribution is 2.24. The molecule has 23 heavy (non-hydrogen) atoms. The lowest BCUT2D eigenvalue weighted by Gasteiger charge is -2.06. The molecule has 10 nitrogen and oxygen atoms in total. The zero-order valence-electron chi connectivity index (χ0n) is 11.2. The fourth-order valence-electron chi connectivity index (χ4n) is 1.63. The van der Waals surface area contributed by atoms with E-state index in [1.165, 1.54) is 6.07 Å². The minimum absolute atomic E-state index is 0.337. The molecule has 2 rings (SSSR count). The summed E-state index contributed by atoms with van der Waals surface area (Å²) in [6.07, 6.45) is 0. The fraction of sp³-hybridized carbons (Fsp3) is 0. The second-order valence-electron chi connectivity index (χ2n) is 4.10. The normalized spacial score (nSPS) is 9.91. The van der Waals surface area contributed by atoms with Crippen molar-refractivity contribution in [1.82, 2.24) is 10.9 Å². The molecule has 0 radical (unpaired) electrons. The molecular weight excluding hydrogens is 328 g/mol. The summed E-state index contributed by atoms with van der Waals surface area (Å²) in [4.78, 5) is 43.8. The van der Waals surface area contributed by atoms with E-state index in [1.54, 1.807) is 11.4 Å². The van der Waals surface area contributed by atoms with Crippen LogP contribution in [0.3, 0.4) is 0 Å². The predicted octanol–water partition coefficient (Wildman–Crippen LogP) is 1.64. The zero-order valence-corrected chi connectivity index (χ0v) is 12.0. The summed E-state index contributed by atoms with van der Waals surface area (Å²) >= 11 is 1.15. The second-order valence-corrected chi connectivity index (χ2v) is 5.05. The Morgan fingerprint density at radius 2 is 1.70 bits per heavy atom. The summed E-state index contributed by atoms with van der Waals surface area (Å²) in [5, 5.41) is 23.2. The number of hydrogen-bond acceptors (Lipinski definition) is 7. The molecule has 2 amide bonds. The van der Waals surface area contributed by atoms with Gasteiger partial charge in [-0.25, -0.2) is 0 Å². The van der Waals surface area contributed by atoms with Gasteiger partial charge in [0.15, 0.2) is 0 Å². The summed E-state index contributed by atoms with van der Waals surface area (Å²) in [7, 11) is 0. The highest BCUT2D eigenvalue weighted by molar-refractivity contribution is 7.12. The molecule has 1 heterocycles. The second kappa shape index (κ2) is 6.62. The molecule has 2 N–H and O–H groups in total. The van der Waals surface area contributed by atoms with Crippen molar-refractivity contribution in [2.75, 3.05) is 0 Å². The van der Waals surface area contributed by atoms with Crippen molar-refractivity contribution in [3.05, 3.63) is 66.4 Å². The number of carbonyl (C=O) groups excluding carboxylic acids is 2. The maximum Gasteiger partial charge on any atom is 0.289 e. The quantitative estimate of drug-likeness (QED) is 0.641. The molecule has 0 unspecified atom stereocenters. The number of nitrogens with zero attached hydrogens (tertiary/aromatic N) is 2. The third-order valence-electron chi connectivity index (χ3n) is 2.67. The van der Waals surface area contributed by atoms with E-state index in [9.17, 15) is 29.8 Å². The molecule has 0 bridgehead atoms. The number of nitrogens with one attached hydrogen (secondary N) is 2. The SMILES string of the molecule is O=C(NNC(=O)c1ccc([N+](=O)[O-])cc1[N+](=O)[O-])c1cccs1. The highest BCUT2D eigenvalue weighted by atomic mass is 32.1. The third kappa shape index (κ3) is 3.65. The molecule has 0 saturated heterocycles. The number of benzene rings is 1. The molecular formula is C12H8N4O6S. The van der Waals surface area contributed by atoms with Crippen LogP contribution in [0, 0.1) is 20.2 Å². The van der Waals surface area contributed by atoms with Crippen LogP contribution < -0.4 is 10.9 Å². The Bertz CT molecular complexity index is 789. The molecule has 0 aliphatic heterocycles. The van der Waals surface area contributed by atoms with Gasteiger partial charge < -0.3 is 0 Å². The van der Waals surface area contributed by atoms with E-state index in [-0.39, 0.29) is 0 Å². The van der Waals surface area contributed by atoms with Gasteiger partial charge >= 0.3 is 0 Å². The van der Waals surface area contributed by atoms with Crippen LogP contribution in [0.25, 0.3) is 0 Å². The lowest BCUT2D eigenvalue weighted by molar-refractivity contribution is -0.394. The van der Waals surface area contributed by atoms with Crippen LogP contribution in [-0.4, -0.2) is 21.7 Å². The van der Waals surface area contributed by atoms with Gasteiger partial charge in [0.1, 0.15) is 5.56 Å². The summed E-state index contributed by atoms with van der Waals surface area (Å²) in [5.41, 5.74) is 2.47. The molecule has 0 fully saturated rings. The van der Waals surface area contributed by atoms with Gasteiger partial charge in [-0.3, -0.25) is 40.7 Å². The van der Waals surface area contributed by atoms with Crippen LogP contribution >= 0.6 is 11.3 Å². The van der Waals surface area contributed by atoms with E-state index in [0.717, 1.165) is 23.5 Å². The molecule has 0 atom stereocenters. The Balaban J connectivity index is 2.17. The number of hydrogen-bond donors (Lipinski definition) is 2. The first kappa shape index (κ1) is 16.0. The number of rotatable bonds is 4. The van der Waals surface area contributed by atoms with Crippen LogP contribution in [0.5, 0.6) is 0 Å². The van der Waals surface area contributed by atoms with Crippen molar-refractivity contribution in [3.8, 4) is 0 Å². The van der Waals surface area contributed by atoms with Gasteiger partial charge in [0.25, 0.3) is 23.2 Å². The van der Waals surface area contributed by atoms with Crippen molar-refractivity contribution in [3.63, 3.8) is 0 Å².